The van der Waals surface area contributed by atoms with Gasteiger partial charge in [0.2, 0.25) is 0 Å². The highest BCUT2D eigenvalue weighted by Crippen LogP contribution is 2.21. The van der Waals surface area contributed by atoms with E-state index < -0.39 is 6.16 Å². The zero-order valence-corrected chi connectivity index (χ0v) is 15.9. The minimum atomic E-state index is -0.834. The first kappa shape index (κ1) is 21.9. The van der Waals surface area contributed by atoms with Gasteiger partial charge >= 0.3 is 6.16 Å². The van der Waals surface area contributed by atoms with Crippen molar-refractivity contribution in [1.82, 2.24) is 0 Å². The number of hydrogen-bond donors (Lipinski definition) is 0. The topological polar surface area (TPSA) is 69.7 Å². The number of ketones is 1. The summed E-state index contributed by atoms with van der Waals surface area (Å²) in [7, 11) is 0. The fraction of sp³-hybridized carbons (Fsp3) is 0.571. The van der Waals surface area contributed by atoms with Crippen LogP contribution in [-0.2, 0) is 4.74 Å². The van der Waals surface area contributed by atoms with Crippen LogP contribution in [0.5, 0.6) is 5.75 Å². The fourth-order valence-electron chi connectivity index (χ4n) is 2.57. The van der Waals surface area contributed by atoms with E-state index in [2.05, 4.69) is 13.8 Å². The second-order valence-corrected chi connectivity index (χ2v) is 6.37. The molecule has 0 saturated carbocycles. The van der Waals surface area contributed by atoms with Gasteiger partial charge in [-0.1, -0.05) is 52.4 Å². The van der Waals surface area contributed by atoms with Crippen LogP contribution in [0.25, 0.3) is 0 Å². The highest BCUT2D eigenvalue weighted by Gasteiger charge is 2.14. The van der Waals surface area contributed by atoms with E-state index in [0.29, 0.717) is 18.3 Å². The quantitative estimate of drug-likeness (QED) is 0.147. The minimum absolute atomic E-state index is 0.00158. The van der Waals surface area contributed by atoms with E-state index in [0.717, 1.165) is 38.5 Å². The van der Waals surface area contributed by atoms with E-state index in [-0.39, 0.29) is 23.7 Å². The molecule has 26 heavy (non-hydrogen) atoms. The van der Waals surface area contributed by atoms with Gasteiger partial charge in [0.05, 0.1) is 12.2 Å². The van der Waals surface area contributed by atoms with E-state index in [1.165, 1.54) is 25.0 Å². The molecule has 0 unspecified atom stereocenters. The number of unbranched alkanes of at least 4 members (excludes halogenated alkanes) is 6. The summed E-state index contributed by atoms with van der Waals surface area (Å²) in [6, 6.07) is 4.53. The summed E-state index contributed by atoms with van der Waals surface area (Å²) in [6.45, 7) is 4.50. The van der Waals surface area contributed by atoms with Crippen LogP contribution in [0.2, 0.25) is 0 Å². The maximum Gasteiger partial charge on any atom is 0.513 e. The Balaban J connectivity index is 2.56. The molecule has 0 aliphatic carbocycles. The van der Waals surface area contributed by atoms with Gasteiger partial charge in [-0.3, -0.25) is 9.59 Å². The van der Waals surface area contributed by atoms with Gasteiger partial charge in [-0.15, -0.1) is 0 Å². The zero-order valence-electron chi connectivity index (χ0n) is 15.9. The first-order chi connectivity index (χ1) is 12.6. The molecule has 1 aromatic rings. The van der Waals surface area contributed by atoms with Crippen molar-refractivity contribution < 1.29 is 23.9 Å². The van der Waals surface area contributed by atoms with Crippen LogP contribution in [0.4, 0.5) is 4.79 Å². The molecule has 1 rings (SSSR count). The monoisotopic (exact) mass is 362 g/mol. The smallest absolute Gasteiger partial charge is 0.434 e. The van der Waals surface area contributed by atoms with E-state index >= 15 is 0 Å². The number of carbonyl (C=O) groups excluding carboxylic acids is 3. The van der Waals surface area contributed by atoms with Gasteiger partial charge in [-0.05, 0) is 31.0 Å². The summed E-state index contributed by atoms with van der Waals surface area (Å²) in [4.78, 5) is 35.2. The van der Waals surface area contributed by atoms with Crippen LogP contribution in [0.15, 0.2) is 18.2 Å². The summed E-state index contributed by atoms with van der Waals surface area (Å²) in [6.07, 6.45) is 8.35. The number of rotatable bonds is 13. The lowest BCUT2D eigenvalue weighted by atomic mass is 10.0. The third-order valence-corrected chi connectivity index (χ3v) is 4.13. The predicted molar refractivity (Wildman–Crippen MR) is 101 cm³/mol. The molecule has 1 aromatic carbocycles. The van der Waals surface area contributed by atoms with Gasteiger partial charge in [0, 0.05) is 12.0 Å². The standard InChI is InChI=1S/C21H30O5/c1-3-5-7-8-9-11-19(23)17-12-13-20(18(15-17)16-22)26-21(24)25-14-10-6-4-2/h12-13,15-16H,3-11,14H2,1-2H3. The molecule has 0 fully saturated rings. The predicted octanol–water partition coefficient (Wildman–Crippen LogP) is 5.75. The van der Waals surface area contributed by atoms with Crippen molar-refractivity contribution in [1.29, 1.82) is 0 Å². The van der Waals surface area contributed by atoms with Gasteiger partial charge in [0.15, 0.2) is 12.1 Å². The van der Waals surface area contributed by atoms with Gasteiger partial charge < -0.3 is 9.47 Å². The number of benzene rings is 1. The summed E-state index contributed by atoms with van der Waals surface area (Å²) in [5.74, 6) is 0.110. The van der Waals surface area contributed by atoms with Gasteiger partial charge in [0.1, 0.15) is 5.75 Å². The maximum absolute atomic E-state index is 12.2. The molecular formula is C21H30O5. The number of ether oxygens (including phenoxy) is 2. The molecule has 0 amide bonds. The van der Waals surface area contributed by atoms with Gasteiger partial charge in [0.25, 0.3) is 0 Å². The number of carbonyl (C=O) groups is 3. The van der Waals surface area contributed by atoms with Gasteiger partial charge in [-0.25, -0.2) is 4.79 Å². The van der Waals surface area contributed by atoms with Crippen LogP contribution >= 0.6 is 0 Å². The summed E-state index contributed by atoms with van der Waals surface area (Å²) in [5.41, 5.74) is 0.638. The van der Waals surface area contributed by atoms with E-state index in [1.54, 1.807) is 6.07 Å². The Labute approximate surface area is 156 Å². The Kier molecular flexibility index (Phi) is 11.0. The third kappa shape index (κ3) is 8.28. The summed E-state index contributed by atoms with van der Waals surface area (Å²) >= 11 is 0. The van der Waals surface area contributed by atoms with E-state index in [4.69, 9.17) is 9.47 Å². The molecule has 0 N–H and O–H groups in total. The molecule has 5 nitrogen and oxygen atoms in total. The van der Waals surface area contributed by atoms with Gasteiger partial charge in [-0.2, -0.15) is 0 Å². The van der Waals surface area contributed by atoms with Crippen molar-refractivity contribution in [3.63, 3.8) is 0 Å². The van der Waals surface area contributed by atoms with Crippen molar-refractivity contribution in [2.45, 2.75) is 71.6 Å². The lowest BCUT2D eigenvalue weighted by molar-refractivity contribution is 0.0966. The van der Waals surface area contributed by atoms with Crippen LogP contribution in [0.1, 0.15) is 92.4 Å². The second-order valence-electron chi connectivity index (χ2n) is 6.37. The Morgan fingerprint density at radius 2 is 1.65 bits per heavy atom. The first-order valence-corrected chi connectivity index (χ1v) is 9.59. The Morgan fingerprint density at radius 3 is 2.35 bits per heavy atom. The zero-order chi connectivity index (χ0) is 19.2. The second kappa shape index (κ2) is 13.1. The van der Waals surface area contributed by atoms with Crippen LogP contribution in [-0.4, -0.2) is 24.8 Å². The van der Waals surface area contributed by atoms with Crippen molar-refractivity contribution in [3.05, 3.63) is 29.3 Å². The Bertz CT molecular complexity index is 580. The molecule has 0 saturated heterocycles. The largest absolute Gasteiger partial charge is 0.513 e. The lowest BCUT2D eigenvalue weighted by Gasteiger charge is -2.09. The highest BCUT2D eigenvalue weighted by molar-refractivity contribution is 5.98. The van der Waals surface area contributed by atoms with Crippen LogP contribution < -0.4 is 4.74 Å². The maximum atomic E-state index is 12.2. The molecule has 0 bridgehead atoms. The van der Waals surface area contributed by atoms with Crippen LogP contribution in [0.3, 0.4) is 0 Å². The van der Waals surface area contributed by atoms with E-state index in [9.17, 15) is 14.4 Å². The molecule has 0 radical (unpaired) electrons. The average molecular weight is 362 g/mol. The lowest BCUT2D eigenvalue weighted by Crippen LogP contribution is -2.13. The fourth-order valence-corrected chi connectivity index (χ4v) is 2.57. The van der Waals surface area contributed by atoms with E-state index in [1.807, 2.05) is 0 Å². The van der Waals surface area contributed by atoms with Crippen LogP contribution in [0, 0.1) is 0 Å². The molecule has 144 valence electrons. The van der Waals surface area contributed by atoms with Crippen molar-refractivity contribution in [2.75, 3.05) is 6.61 Å². The molecule has 5 heteroatoms. The molecule has 0 atom stereocenters. The molecule has 0 spiro atoms. The van der Waals surface area contributed by atoms with Crippen molar-refractivity contribution in [3.8, 4) is 5.75 Å². The normalized spacial score (nSPS) is 10.4. The number of hydrogen-bond acceptors (Lipinski definition) is 5. The minimum Gasteiger partial charge on any atom is -0.434 e. The third-order valence-electron chi connectivity index (χ3n) is 4.13. The summed E-state index contributed by atoms with van der Waals surface area (Å²) < 4.78 is 10.0. The molecule has 0 aromatic heterocycles. The first-order valence-electron chi connectivity index (χ1n) is 9.59. The highest BCUT2D eigenvalue weighted by atomic mass is 16.7. The molecule has 0 aliphatic heterocycles. The average Bonchev–Trinajstić information content (AvgIpc) is 2.65. The molecule has 0 heterocycles. The van der Waals surface area contributed by atoms with Crippen molar-refractivity contribution in [2.24, 2.45) is 0 Å². The number of aldehydes is 1. The number of Topliss-reactive ketones (excluding diaryl/α,β-unsaturated/α-hetero) is 1. The molecule has 0 aliphatic rings. The molecular weight excluding hydrogens is 332 g/mol. The Morgan fingerprint density at radius 1 is 0.962 bits per heavy atom. The SMILES string of the molecule is CCCCCCCC(=O)c1ccc(OC(=O)OCCCCC)c(C=O)c1. The van der Waals surface area contributed by atoms with Crippen molar-refractivity contribution >= 4 is 18.2 Å². The Hall–Kier alpha value is -2.17. The summed E-state index contributed by atoms with van der Waals surface area (Å²) in [5, 5.41) is 0.